The van der Waals surface area contributed by atoms with Gasteiger partial charge in [0, 0.05) is 12.0 Å². The Morgan fingerprint density at radius 3 is 2.54 bits per heavy atom. The van der Waals surface area contributed by atoms with E-state index in [0.717, 1.165) is 16.9 Å². The maximum atomic E-state index is 13.1. The molecule has 1 aliphatic heterocycles. The van der Waals surface area contributed by atoms with Gasteiger partial charge in [-0.1, -0.05) is 18.2 Å². The van der Waals surface area contributed by atoms with Gasteiger partial charge < -0.3 is 9.47 Å². The minimum absolute atomic E-state index is 0.276. The molecule has 1 N–H and O–H groups in total. The van der Waals surface area contributed by atoms with E-state index in [1.54, 1.807) is 26.2 Å². The molecule has 6 heteroatoms. The van der Waals surface area contributed by atoms with Gasteiger partial charge in [0.1, 0.15) is 17.1 Å². The first kappa shape index (κ1) is 18.7. The lowest BCUT2D eigenvalue weighted by Gasteiger charge is -2.37. The Hall–Kier alpha value is -2.05. The number of aryl methyl sites for hydroxylation is 2. The van der Waals surface area contributed by atoms with Crippen LogP contribution in [0.1, 0.15) is 43.0 Å². The molecule has 0 saturated heterocycles. The Morgan fingerprint density at radius 2 is 1.85 bits per heavy atom. The zero-order valence-corrected chi connectivity index (χ0v) is 16.6. The fourth-order valence-corrected chi connectivity index (χ4v) is 4.96. The predicted octanol–water partition coefficient (Wildman–Crippen LogP) is 3.89. The second-order valence-corrected chi connectivity index (χ2v) is 9.05. The highest BCUT2D eigenvalue weighted by atomic mass is 32.2. The highest BCUT2D eigenvalue weighted by Gasteiger charge is 2.36. The molecule has 2 aromatic rings. The summed E-state index contributed by atoms with van der Waals surface area (Å²) in [6, 6.07) is 10.6. The van der Waals surface area contributed by atoms with Crippen LogP contribution in [0.15, 0.2) is 41.3 Å². The lowest BCUT2D eigenvalue weighted by Crippen LogP contribution is -2.41. The molecule has 0 saturated carbocycles. The van der Waals surface area contributed by atoms with E-state index in [1.165, 1.54) is 0 Å². The van der Waals surface area contributed by atoms with Crippen LogP contribution in [0.25, 0.3) is 0 Å². The summed E-state index contributed by atoms with van der Waals surface area (Å²) < 4.78 is 40.4. The first-order valence-electron chi connectivity index (χ1n) is 8.58. The third-order valence-electron chi connectivity index (χ3n) is 4.66. The second kappa shape index (κ2) is 6.59. The second-order valence-electron chi connectivity index (χ2n) is 7.36. The number of rotatable bonds is 4. The Bertz CT molecular complexity index is 935. The maximum Gasteiger partial charge on any atom is 0.241 e. The van der Waals surface area contributed by atoms with Gasteiger partial charge in [-0.25, -0.2) is 13.1 Å². The topological polar surface area (TPSA) is 64.6 Å². The van der Waals surface area contributed by atoms with Crippen molar-refractivity contribution in [3.05, 3.63) is 53.1 Å². The van der Waals surface area contributed by atoms with Gasteiger partial charge in [0.25, 0.3) is 0 Å². The maximum absolute atomic E-state index is 13.1. The van der Waals surface area contributed by atoms with E-state index in [0.29, 0.717) is 17.7 Å². The van der Waals surface area contributed by atoms with Crippen molar-refractivity contribution >= 4 is 10.0 Å². The lowest BCUT2D eigenvalue weighted by molar-refractivity contribution is 0.0702. The summed E-state index contributed by atoms with van der Waals surface area (Å²) in [6.45, 7) is 7.54. The molecular weight excluding hydrogens is 350 g/mol. The number of nitrogens with one attached hydrogen (secondary N) is 1. The Labute approximate surface area is 155 Å². The van der Waals surface area contributed by atoms with Gasteiger partial charge >= 0.3 is 0 Å². The molecule has 0 aromatic heterocycles. The first-order valence-corrected chi connectivity index (χ1v) is 10.1. The highest BCUT2D eigenvalue weighted by Crippen LogP contribution is 2.40. The molecule has 2 aromatic carbocycles. The van der Waals surface area contributed by atoms with E-state index in [4.69, 9.17) is 9.47 Å². The van der Waals surface area contributed by atoms with Crippen molar-refractivity contribution in [1.29, 1.82) is 0 Å². The predicted molar refractivity (Wildman–Crippen MR) is 101 cm³/mol. The van der Waals surface area contributed by atoms with Gasteiger partial charge in [0.2, 0.25) is 10.0 Å². The van der Waals surface area contributed by atoms with Crippen molar-refractivity contribution in [2.45, 2.75) is 50.7 Å². The molecule has 3 rings (SSSR count). The summed E-state index contributed by atoms with van der Waals surface area (Å²) >= 11 is 0. The smallest absolute Gasteiger partial charge is 0.241 e. The molecule has 5 nitrogen and oxygen atoms in total. The number of para-hydroxylation sites is 1. The largest absolute Gasteiger partial charge is 0.496 e. The van der Waals surface area contributed by atoms with E-state index in [2.05, 4.69) is 4.72 Å². The average Bonchev–Trinajstić information content (AvgIpc) is 2.55. The average molecular weight is 375 g/mol. The summed E-state index contributed by atoms with van der Waals surface area (Å²) in [5, 5.41) is 0. The Morgan fingerprint density at radius 1 is 1.15 bits per heavy atom. The van der Waals surface area contributed by atoms with Crippen LogP contribution in [0.2, 0.25) is 0 Å². The lowest BCUT2D eigenvalue weighted by atomic mass is 9.90. The third-order valence-corrected chi connectivity index (χ3v) is 6.27. The van der Waals surface area contributed by atoms with Gasteiger partial charge in [-0.2, -0.15) is 0 Å². The van der Waals surface area contributed by atoms with E-state index in [-0.39, 0.29) is 10.9 Å². The molecule has 0 amide bonds. The Balaban J connectivity index is 1.99. The van der Waals surface area contributed by atoms with Gasteiger partial charge in [-0.3, -0.25) is 0 Å². The fraction of sp³-hybridized carbons (Fsp3) is 0.400. The number of methoxy groups -OCH3 is 1. The van der Waals surface area contributed by atoms with Gasteiger partial charge in [0.15, 0.2) is 0 Å². The fourth-order valence-electron chi connectivity index (χ4n) is 3.43. The van der Waals surface area contributed by atoms with Crippen LogP contribution >= 0.6 is 0 Å². The Kier molecular flexibility index (Phi) is 4.75. The summed E-state index contributed by atoms with van der Waals surface area (Å²) in [7, 11) is -2.11. The summed E-state index contributed by atoms with van der Waals surface area (Å²) in [5.74, 6) is 1.40. The van der Waals surface area contributed by atoms with Crippen LogP contribution in [-0.4, -0.2) is 21.1 Å². The number of benzene rings is 2. The molecule has 26 heavy (non-hydrogen) atoms. The molecule has 0 aliphatic carbocycles. The molecule has 0 unspecified atom stereocenters. The van der Waals surface area contributed by atoms with E-state index < -0.39 is 15.6 Å². The summed E-state index contributed by atoms with van der Waals surface area (Å²) in [6.07, 6.45) is 0.553. The minimum atomic E-state index is -3.69. The van der Waals surface area contributed by atoms with Crippen molar-refractivity contribution in [3.63, 3.8) is 0 Å². The van der Waals surface area contributed by atoms with E-state index in [1.807, 2.05) is 45.0 Å². The van der Waals surface area contributed by atoms with E-state index in [9.17, 15) is 8.42 Å². The molecule has 140 valence electrons. The van der Waals surface area contributed by atoms with Gasteiger partial charge in [-0.15, -0.1) is 0 Å². The van der Waals surface area contributed by atoms with Gasteiger partial charge in [-0.05, 0) is 57.0 Å². The molecule has 1 heterocycles. The molecule has 1 aliphatic rings. The minimum Gasteiger partial charge on any atom is -0.496 e. The third kappa shape index (κ3) is 3.57. The number of fused-ring (bicyclic) bond motifs is 1. The molecular formula is C20H25NO4S. The van der Waals surface area contributed by atoms with Crippen molar-refractivity contribution < 1.29 is 17.9 Å². The first-order chi connectivity index (χ1) is 12.1. The summed E-state index contributed by atoms with van der Waals surface area (Å²) in [4.78, 5) is 0.276. The standard InChI is InChI=1S/C20H25NO4S/c1-13-11-19(14(2)10-18(13)24-5)26(22,23)21-16-12-20(3,4)25-17-9-7-6-8-15(16)17/h6-11,16,21H,12H2,1-5H3/t16-/m1/s1. The molecule has 0 spiro atoms. The van der Waals surface area contributed by atoms with Crippen LogP contribution in [-0.2, 0) is 10.0 Å². The SMILES string of the molecule is COc1cc(C)c(S(=O)(=O)N[C@@H]2CC(C)(C)Oc3ccccc32)cc1C. The molecule has 0 fully saturated rings. The monoisotopic (exact) mass is 375 g/mol. The number of hydrogen-bond donors (Lipinski definition) is 1. The summed E-state index contributed by atoms with van der Waals surface area (Å²) in [5.41, 5.74) is 1.84. The van der Waals surface area contributed by atoms with Crippen LogP contribution in [0.5, 0.6) is 11.5 Å². The zero-order valence-electron chi connectivity index (χ0n) is 15.8. The van der Waals surface area contributed by atoms with Crippen LogP contribution in [0.3, 0.4) is 0 Å². The number of sulfonamides is 1. The molecule has 1 atom stereocenters. The van der Waals surface area contributed by atoms with Gasteiger partial charge in [0.05, 0.1) is 18.0 Å². The van der Waals surface area contributed by atoms with Crippen LogP contribution in [0.4, 0.5) is 0 Å². The normalized spacial score (nSPS) is 18.7. The van der Waals surface area contributed by atoms with Crippen molar-refractivity contribution in [3.8, 4) is 11.5 Å². The van der Waals surface area contributed by atoms with Crippen molar-refractivity contribution in [2.24, 2.45) is 0 Å². The molecule has 0 bridgehead atoms. The van der Waals surface area contributed by atoms with Crippen LogP contribution in [0, 0.1) is 13.8 Å². The zero-order chi connectivity index (χ0) is 19.1. The number of hydrogen-bond acceptors (Lipinski definition) is 4. The number of ether oxygens (including phenoxy) is 2. The quantitative estimate of drug-likeness (QED) is 0.880. The van der Waals surface area contributed by atoms with Crippen LogP contribution < -0.4 is 14.2 Å². The van der Waals surface area contributed by atoms with Crippen molar-refractivity contribution in [1.82, 2.24) is 4.72 Å². The van der Waals surface area contributed by atoms with E-state index >= 15 is 0 Å². The molecule has 0 radical (unpaired) electrons. The highest BCUT2D eigenvalue weighted by molar-refractivity contribution is 7.89. The van der Waals surface area contributed by atoms with Crippen molar-refractivity contribution in [2.75, 3.05) is 7.11 Å².